The number of alkyl halides is 3. The second-order valence-corrected chi connectivity index (χ2v) is 10.3. The van der Waals surface area contributed by atoms with Gasteiger partial charge >= 0.3 is 12.2 Å². The Bertz CT molecular complexity index is 1640. The molecule has 224 valence electrons. The number of hydrogen-bond acceptors (Lipinski definition) is 3. The van der Waals surface area contributed by atoms with Crippen molar-refractivity contribution in [2.45, 2.75) is 32.4 Å². The molecule has 1 heterocycles. The van der Waals surface area contributed by atoms with Crippen molar-refractivity contribution < 1.29 is 22.4 Å². The van der Waals surface area contributed by atoms with Crippen molar-refractivity contribution in [2.24, 2.45) is 0 Å². The number of hydrogen-bond donors (Lipinski definition) is 2. The Balaban J connectivity index is 1.22. The first-order valence-corrected chi connectivity index (χ1v) is 14.0. The predicted molar refractivity (Wildman–Crippen MR) is 163 cm³/mol. The predicted octanol–water partition coefficient (Wildman–Crippen LogP) is 8.43. The minimum Gasteiger partial charge on any atom is -0.316 e. The summed E-state index contributed by atoms with van der Waals surface area (Å²) in [6.07, 6.45) is -1.14. The number of nitrogens with one attached hydrogen (secondary N) is 2. The van der Waals surface area contributed by atoms with Crippen LogP contribution >= 0.6 is 0 Å². The van der Waals surface area contributed by atoms with Gasteiger partial charge in [0.15, 0.2) is 0 Å². The highest BCUT2D eigenvalue weighted by atomic mass is 19.4. The third kappa shape index (κ3) is 8.52. The van der Waals surface area contributed by atoms with Crippen molar-refractivity contribution in [3.05, 3.63) is 155 Å². The van der Waals surface area contributed by atoms with Crippen molar-refractivity contribution in [3.8, 4) is 11.1 Å². The molecule has 2 amide bonds. The van der Waals surface area contributed by atoms with E-state index >= 15 is 0 Å². The van der Waals surface area contributed by atoms with Crippen LogP contribution in [-0.4, -0.2) is 15.9 Å². The molecule has 1 aromatic heterocycles. The third-order valence-corrected chi connectivity index (χ3v) is 7.03. The number of pyridine rings is 1. The van der Waals surface area contributed by atoms with Gasteiger partial charge in [-0.05, 0) is 75.8 Å². The average molecular weight is 599 g/mol. The highest BCUT2D eigenvalue weighted by Gasteiger charge is 2.30. The lowest BCUT2D eigenvalue weighted by atomic mass is 10.0. The highest BCUT2D eigenvalue weighted by molar-refractivity contribution is 5.89. The average Bonchev–Trinajstić information content (AvgIpc) is 3.03. The van der Waals surface area contributed by atoms with Gasteiger partial charge in [0.25, 0.3) is 0 Å². The monoisotopic (exact) mass is 598 g/mol. The van der Waals surface area contributed by atoms with Gasteiger partial charge in [-0.3, -0.25) is 4.98 Å². The summed E-state index contributed by atoms with van der Waals surface area (Å²) < 4.78 is 51.9. The Morgan fingerprint density at radius 2 is 1.23 bits per heavy atom. The Morgan fingerprint density at radius 1 is 0.682 bits per heavy atom. The molecule has 0 saturated carbocycles. The normalized spacial score (nSPS) is 11.3. The lowest BCUT2D eigenvalue weighted by Crippen LogP contribution is -2.34. The first-order valence-electron chi connectivity index (χ1n) is 14.0. The molecule has 0 unspecified atom stereocenters. The van der Waals surface area contributed by atoms with E-state index in [9.17, 15) is 22.4 Å². The van der Waals surface area contributed by atoms with Crippen LogP contribution in [0.15, 0.2) is 122 Å². The van der Waals surface area contributed by atoms with Gasteiger partial charge in [-0.15, -0.1) is 0 Å². The minimum atomic E-state index is -4.45. The van der Waals surface area contributed by atoms with E-state index in [0.29, 0.717) is 13.1 Å². The molecular weight excluding hydrogens is 568 g/mol. The van der Waals surface area contributed by atoms with E-state index in [1.807, 2.05) is 30.3 Å². The molecule has 5 aromatic rings. The molecule has 44 heavy (non-hydrogen) atoms. The van der Waals surface area contributed by atoms with Gasteiger partial charge in [0.1, 0.15) is 5.82 Å². The highest BCUT2D eigenvalue weighted by Crippen LogP contribution is 2.30. The molecule has 0 aliphatic rings. The second-order valence-electron chi connectivity index (χ2n) is 10.3. The number of benzene rings is 4. The molecule has 0 fully saturated rings. The maximum Gasteiger partial charge on any atom is 0.416 e. The molecule has 5 rings (SSSR count). The van der Waals surface area contributed by atoms with Crippen LogP contribution in [0, 0.1) is 5.82 Å². The van der Waals surface area contributed by atoms with Crippen LogP contribution in [-0.2, 0) is 32.4 Å². The van der Waals surface area contributed by atoms with E-state index in [2.05, 4.69) is 39.9 Å². The Kier molecular flexibility index (Phi) is 9.66. The Morgan fingerprint density at radius 3 is 1.77 bits per heavy atom. The summed E-state index contributed by atoms with van der Waals surface area (Å²) in [7, 11) is 0. The molecule has 4 aromatic carbocycles. The molecule has 2 N–H and O–H groups in total. The fourth-order valence-corrected chi connectivity index (χ4v) is 4.65. The summed E-state index contributed by atoms with van der Waals surface area (Å²) in [5.74, 6) is -0.249. The molecule has 0 aliphatic carbocycles. The van der Waals surface area contributed by atoms with E-state index in [4.69, 9.17) is 0 Å². The summed E-state index contributed by atoms with van der Waals surface area (Å²) in [4.78, 5) is 18.9. The van der Waals surface area contributed by atoms with E-state index < -0.39 is 17.8 Å². The number of carbonyl (C=O) groups is 1. The van der Waals surface area contributed by atoms with Crippen LogP contribution in [0.2, 0.25) is 0 Å². The zero-order valence-corrected chi connectivity index (χ0v) is 23.7. The molecular formula is C35H30F4N4O. The standard InChI is InChI=1S/C35H30F4N4O/c36-32-15-7-26(8-16-32)21-41-20-25-3-9-29(10-4-25)30-11-5-27(6-12-30)23-43(24-28-2-1-19-40-22-28)34(44)42-33-17-13-31(14-18-33)35(37,38)39/h1-19,22,41H,20-21,23-24H2,(H,42,44). The van der Waals surface area contributed by atoms with Crippen LogP contribution in [0.25, 0.3) is 11.1 Å². The van der Waals surface area contributed by atoms with Crippen LogP contribution in [0.5, 0.6) is 0 Å². The molecule has 0 bridgehead atoms. The lowest BCUT2D eigenvalue weighted by Gasteiger charge is -2.23. The number of nitrogens with zero attached hydrogens (tertiary/aromatic N) is 2. The quantitative estimate of drug-likeness (QED) is 0.159. The van der Waals surface area contributed by atoms with Crippen LogP contribution in [0.1, 0.15) is 27.8 Å². The number of halogens is 4. The number of amides is 2. The van der Waals surface area contributed by atoms with Gasteiger partial charge in [-0.2, -0.15) is 13.2 Å². The van der Waals surface area contributed by atoms with Crippen molar-refractivity contribution in [1.82, 2.24) is 15.2 Å². The SMILES string of the molecule is O=C(Nc1ccc(C(F)(F)F)cc1)N(Cc1ccc(-c2ccc(CNCc3ccc(F)cc3)cc2)cc1)Cc1cccnc1. The van der Waals surface area contributed by atoms with E-state index in [0.717, 1.165) is 45.5 Å². The number of rotatable bonds is 10. The summed E-state index contributed by atoms with van der Waals surface area (Å²) in [5, 5.41) is 6.07. The molecule has 0 atom stereocenters. The van der Waals surface area contributed by atoms with Gasteiger partial charge in [0.05, 0.1) is 5.56 Å². The first-order chi connectivity index (χ1) is 21.2. The zero-order valence-electron chi connectivity index (χ0n) is 23.7. The maximum absolute atomic E-state index is 13.2. The molecule has 0 spiro atoms. The molecule has 0 radical (unpaired) electrons. The van der Waals surface area contributed by atoms with Crippen molar-refractivity contribution in [2.75, 3.05) is 5.32 Å². The lowest BCUT2D eigenvalue weighted by molar-refractivity contribution is -0.137. The minimum absolute atomic E-state index is 0.249. The largest absolute Gasteiger partial charge is 0.416 e. The van der Waals surface area contributed by atoms with Gasteiger partial charge in [-0.1, -0.05) is 66.7 Å². The second kappa shape index (κ2) is 14.0. The van der Waals surface area contributed by atoms with E-state index in [1.165, 1.54) is 24.3 Å². The maximum atomic E-state index is 13.2. The molecule has 0 aliphatic heterocycles. The Labute approximate surface area is 253 Å². The van der Waals surface area contributed by atoms with Crippen molar-refractivity contribution in [1.29, 1.82) is 0 Å². The zero-order chi connectivity index (χ0) is 30.9. The van der Waals surface area contributed by atoms with Crippen LogP contribution in [0.4, 0.5) is 28.0 Å². The van der Waals surface area contributed by atoms with Crippen LogP contribution in [0.3, 0.4) is 0 Å². The van der Waals surface area contributed by atoms with Crippen molar-refractivity contribution >= 4 is 11.7 Å². The number of carbonyl (C=O) groups excluding carboxylic acids is 1. The summed E-state index contributed by atoms with van der Waals surface area (Å²) in [6.45, 7) is 1.86. The van der Waals surface area contributed by atoms with Gasteiger partial charge in [0, 0.05) is 44.3 Å². The summed E-state index contributed by atoms with van der Waals surface area (Å²) >= 11 is 0. The number of anilines is 1. The van der Waals surface area contributed by atoms with Crippen LogP contribution < -0.4 is 10.6 Å². The topological polar surface area (TPSA) is 57.3 Å². The third-order valence-electron chi connectivity index (χ3n) is 7.03. The number of urea groups is 1. The number of aromatic nitrogens is 1. The Hall–Kier alpha value is -5.02. The molecule has 5 nitrogen and oxygen atoms in total. The summed E-state index contributed by atoms with van der Waals surface area (Å²) in [5.41, 5.74) is 5.40. The van der Waals surface area contributed by atoms with E-state index in [-0.39, 0.29) is 24.6 Å². The molecule has 9 heteroatoms. The van der Waals surface area contributed by atoms with Gasteiger partial charge in [-0.25, -0.2) is 9.18 Å². The fraction of sp³-hybridized carbons (Fsp3) is 0.143. The van der Waals surface area contributed by atoms with Gasteiger partial charge in [0.2, 0.25) is 0 Å². The van der Waals surface area contributed by atoms with Crippen molar-refractivity contribution in [3.63, 3.8) is 0 Å². The van der Waals surface area contributed by atoms with Gasteiger partial charge < -0.3 is 15.5 Å². The smallest absolute Gasteiger partial charge is 0.316 e. The first kappa shape index (κ1) is 30.4. The summed E-state index contributed by atoms with van der Waals surface area (Å²) in [6, 6.07) is 30.1. The fourth-order valence-electron chi connectivity index (χ4n) is 4.65. The molecule has 0 saturated heterocycles. The van der Waals surface area contributed by atoms with E-state index in [1.54, 1.807) is 35.5 Å².